The number of methoxy groups -OCH3 is 1. The number of urea groups is 1. The summed E-state index contributed by atoms with van der Waals surface area (Å²) in [6, 6.07) is 17.9. The third-order valence-electron chi connectivity index (χ3n) is 13.1. The van der Waals surface area contributed by atoms with Gasteiger partial charge in [0.1, 0.15) is 23.4 Å². The molecule has 6 aromatic rings. The van der Waals surface area contributed by atoms with E-state index in [4.69, 9.17) is 14.2 Å². The molecule has 0 radical (unpaired) electrons. The monoisotopic (exact) mass is 894 g/mol. The maximum absolute atomic E-state index is 13.0. The lowest BCUT2D eigenvalue weighted by Gasteiger charge is -2.40. The number of H-pyrrole nitrogens is 1. The molecule has 1 atom stereocenters. The molecule has 6 heterocycles. The number of ether oxygens (including phenoxy) is 1. The van der Waals surface area contributed by atoms with Crippen LogP contribution in [0.5, 0.6) is 5.75 Å². The molecule has 3 saturated heterocycles. The Labute approximate surface area is 384 Å². The molecule has 0 aliphatic carbocycles. The van der Waals surface area contributed by atoms with E-state index in [1.807, 2.05) is 65.8 Å². The fourth-order valence-corrected chi connectivity index (χ4v) is 9.38. The Hall–Kier alpha value is -6.88. The van der Waals surface area contributed by atoms with Gasteiger partial charge < -0.3 is 29.4 Å². The van der Waals surface area contributed by atoms with Gasteiger partial charge in [-0.25, -0.2) is 19.7 Å². The van der Waals surface area contributed by atoms with Crippen LogP contribution in [0.1, 0.15) is 86.2 Å². The molecule has 17 nitrogen and oxygen atoms in total. The van der Waals surface area contributed by atoms with Crippen LogP contribution >= 0.6 is 0 Å². The number of hydrogen-bond acceptors (Lipinski definition) is 13. The molecule has 3 aromatic carbocycles. The number of amides is 4. The van der Waals surface area contributed by atoms with Crippen LogP contribution in [0.2, 0.25) is 0 Å². The van der Waals surface area contributed by atoms with Crippen LogP contribution in [0.15, 0.2) is 65.4 Å². The van der Waals surface area contributed by atoms with Gasteiger partial charge in [0.05, 0.1) is 24.5 Å². The fourth-order valence-electron chi connectivity index (χ4n) is 9.38. The molecule has 3 aliphatic rings. The second-order valence-electron chi connectivity index (χ2n) is 18.8. The first-order chi connectivity index (χ1) is 31.7. The molecule has 1 unspecified atom stereocenters. The summed E-state index contributed by atoms with van der Waals surface area (Å²) in [4.78, 5) is 68.0. The average Bonchev–Trinajstić information content (AvgIpc) is 3.99. The summed E-state index contributed by atoms with van der Waals surface area (Å²) in [7, 11) is 1.71. The summed E-state index contributed by atoms with van der Waals surface area (Å²) in [5, 5.41) is 9.39. The molecule has 3 N–H and O–H groups in total. The van der Waals surface area contributed by atoms with Crippen molar-refractivity contribution in [2.75, 3.05) is 74.2 Å². The van der Waals surface area contributed by atoms with E-state index in [2.05, 4.69) is 80.8 Å². The van der Waals surface area contributed by atoms with Crippen molar-refractivity contribution in [1.29, 1.82) is 0 Å². The number of aromatic amines is 1. The van der Waals surface area contributed by atoms with Crippen LogP contribution in [-0.4, -0.2) is 112 Å². The van der Waals surface area contributed by atoms with Gasteiger partial charge in [-0.05, 0) is 98.7 Å². The quantitative estimate of drug-likeness (QED) is 0.121. The number of carbonyl (C=O) groups excluding carboxylic acids is 3. The van der Waals surface area contributed by atoms with Crippen LogP contribution < -0.4 is 30.1 Å². The second kappa shape index (κ2) is 18.2. The van der Waals surface area contributed by atoms with Gasteiger partial charge in [0, 0.05) is 86.7 Å². The molecule has 3 aliphatic heterocycles. The van der Waals surface area contributed by atoms with E-state index < -0.39 is 5.91 Å². The smallest absolute Gasteiger partial charge is 0.328 e. The molecule has 0 bridgehead atoms. The molecule has 3 fully saturated rings. The third kappa shape index (κ3) is 9.16. The van der Waals surface area contributed by atoms with Crippen molar-refractivity contribution in [3.8, 4) is 28.4 Å². The van der Waals surface area contributed by atoms with Crippen molar-refractivity contribution in [3.05, 3.63) is 89.3 Å². The second-order valence-corrected chi connectivity index (χ2v) is 18.8. The highest BCUT2D eigenvalue weighted by Crippen LogP contribution is 2.36. The topological polar surface area (TPSA) is 191 Å². The number of carbonyl (C=O) groups is 3. The Morgan fingerprint density at radius 2 is 1.64 bits per heavy atom. The summed E-state index contributed by atoms with van der Waals surface area (Å²) in [5.74, 6) is 1.88. The Morgan fingerprint density at radius 3 is 2.33 bits per heavy atom. The number of rotatable bonds is 11. The lowest BCUT2D eigenvalue weighted by molar-refractivity contribution is -0.120. The van der Waals surface area contributed by atoms with Crippen LogP contribution in [-0.2, 0) is 10.2 Å². The first kappa shape index (κ1) is 44.3. The number of fused-ring (bicyclic) bond motifs is 1. The standard InChI is InChI=1S/C49H58N12O5/c1-29-24-33(8-11-36(29)31(3)52-45(63)46-56-47(57-66-46)49(4,5)6)41-42-44(51-28-50-41)55-43(54-42)34-9-12-38(39(26-34)65-7)60-22-20-58(21-23-60)27-32-14-17-59(18-15-32)35-10-13-37(30(2)25-35)61-19-16-40(62)53-48(61)64/h8-13,24-26,28,31-32H,14-23,27H2,1-7H3,(H,52,63)(H,53,62,64)(H,50,51,54,55). The van der Waals surface area contributed by atoms with Crippen LogP contribution in [0, 0.1) is 19.8 Å². The molecule has 0 spiro atoms. The minimum absolute atomic E-state index is 0.0598. The van der Waals surface area contributed by atoms with Crippen molar-refractivity contribution in [3.63, 3.8) is 0 Å². The zero-order valence-electron chi connectivity index (χ0n) is 38.8. The Morgan fingerprint density at radius 1 is 0.879 bits per heavy atom. The predicted molar refractivity (Wildman–Crippen MR) is 253 cm³/mol. The van der Waals surface area contributed by atoms with Gasteiger partial charge in [-0.2, -0.15) is 4.98 Å². The number of nitrogens with one attached hydrogen (secondary N) is 3. The van der Waals surface area contributed by atoms with Crippen LogP contribution in [0.3, 0.4) is 0 Å². The van der Waals surface area contributed by atoms with Gasteiger partial charge in [0.15, 0.2) is 11.5 Å². The SMILES string of the molecule is COc1cc(-c2nc3ncnc(-c4ccc(C(C)NC(=O)c5nc(C(C)(C)C)no5)c(C)c4)c3[nH]2)ccc1N1CCN(CC2CCN(c3ccc(N4CCC(=O)NC4=O)c(C)c3)CC2)CC1. The average molecular weight is 895 g/mol. The predicted octanol–water partition coefficient (Wildman–Crippen LogP) is 6.97. The van der Waals surface area contributed by atoms with Crippen molar-refractivity contribution < 1.29 is 23.6 Å². The van der Waals surface area contributed by atoms with Crippen molar-refractivity contribution >= 4 is 46.1 Å². The Balaban J connectivity index is 0.799. The summed E-state index contributed by atoms with van der Waals surface area (Å²) in [6.07, 6.45) is 4.12. The van der Waals surface area contributed by atoms with E-state index in [1.165, 1.54) is 12.0 Å². The Bertz CT molecular complexity index is 2780. The number of imidazole rings is 1. The number of aromatic nitrogens is 6. The first-order valence-corrected chi connectivity index (χ1v) is 22.8. The van der Waals surface area contributed by atoms with E-state index >= 15 is 0 Å². The number of imide groups is 1. The van der Waals surface area contributed by atoms with E-state index in [9.17, 15) is 14.4 Å². The number of hydrogen-bond donors (Lipinski definition) is 3. The fraction of sp³-hybridized carbons (Fsp3) is 0.429. The van der Waals surface area contributed by atoms with Crippen molar-refractivity contribution in [2.45, 2.75) is 72.3 Å². The lowest BCUT2D eigenvalue weighted by Crippen LogP contribution is -2.49. The number of piperidine rings is 1. The van der Waals surface area contributed by atoms with E-state index in [0.29, 0.717) is 36.2 Å². The van der Waals surface area contributed by atoms with Crippen molar-refractivity contribution in [1.82, 2.24) is 45.6 Å². The maximum atomic E-state index is 13.0. The first-order valence-electron chi connectivity index (χ1n) is 22.8. The maximum Gasteiger partial charge on any atom is 0.328 e. The molecule has 4 amide bonds. The molecule has 344 valence electrons. The zero-order valence-corrected chi connectivity index (χ0v) is 38.8. The summed E-state index contributed by atoms with van der Waals surface area (Å²) < 4.78 is 11.2. The van der Waals surface area contributed by atoms with Crippen LogP contribution in [0.25, 0.3) is 33.8 Å². The van der Waals surface area contributed by atoms with Gasteiger partial charge in [-0.1, -0.05) is 38.1 Å². The summed E-state index contributed by atoms with van der Waals surface area (Å²) in [5.41, 5.74) is 9.53. The zero-order chi connectivity index (χ0) is 46.3. The largest absolute Gasteiger partial charge is 0.495 e. The molecule has 17 heteroatoms. The minimum atomic E-state index is -0.423. The molecule has 0 saturated carbocycles. The Kier molecular flexibility index (Phi) is 12.2. The summed E-state index contributed by atoms with van der Waals surface area (Å²) >= 11 is 0. The highest BCUT2D eigenvalue weighted by molar-refractivity contribution is 6.06. The van der Waals surface area contributed by atoms with E-state index in [-0.39, 0.29) is 29.3 Å². The highest BCUT2D eigenvalue weighted by Gasteiger charge is 2.29. The highest BCUT2D eigenvalue weighted by atomic mass is 16.5. The van der Waals surface area contributed by atoms with Gasteiger partial charge in [0.25, 0.3) is 0 Å². The van der Waals surface area contributed by atoms with E-state index in [1.54, 1.807) is 12.0 Å². The molecular weight excluding hydrogens is 837 g/mol. The molecule has 66 heavy (non-hydrogen) atoms. The van der Waals surface area contributed by atoms with Gasteiger partial charge in [0.2, 0.25) is 5.91 Å². The summed E-state index contributed by atoms with van der Waals surface area (Å²) in [6.45, 7) is 19.2. The third-order valence-corrected chi connectivity index (χ3v) is 13.1. The number of anilines is 3. The molecular formula is C49H58N12O5. The van der Waals surface area contributed by atoms with E-state index in [0.717, 1.165) is 115 Å². The molecule has 9 rings (SSSR count). The number of aryl methyl sites for hydroxylation is 2. The van der Waals surface area contributed by atoms with Gasteiger partial charge in [-0.3, -0.25) is 24.7 Å². The van der Waals surface area contributed by atoms with Crippen LogP contribution in [0.4, 0.5) is 21.9 Å². The van der Waals surface area contributed by atoms with Gasteiger partial charge >= 0.3 is 17.8 Å². The molecule has 3 aromatic heterocycles. The number of nitrogens with zero attached hydrogens (tertiary/aromatic N) is 9. The lowest BCUT2D eigenvalue weighted by atomic mass is 9.95. The number of piperazine rings is 1. The van der Waals surface area contributed by atoms with Crippen molar-refractivity contribution in [2.24, 2.45) is 5.92 Å². The number of benzene rings is 3. The normalized spacial score (nSPS) is 17.0. The van der Waals surface area contributed by atoms with Gasteiger partial charge in [-0.15, -0.1) is 0 Å². The minimum Gasteiger partial charge on any atom is -0.495 e.